The predicted octanol–water partition coefficient (Wildman–Crippen LogP) is 3.28. The van der Waals surface area contributed by atoms with Crippen molar-refractivity contribution in [2.45, 2.75) is 6.92 Å². The number of ether oxygens (including phenoxy) is 1. The average molecular weight is 338 g/mol. The third kappa shape index (κ3) is 3.45. The monoisotopic (exact) mass is 337 g/mol. The SMILES string of the molecule is CCOC(=O)NC(=O)Nc1cc2ccccc2c(Br)n1. The van der Waals surface area contributed by atoms with E-state index in [1.807, 2.05) is 29.6 Å². The van der Waals surface area contributed by atoms with E-state index in [0.717, 1.165) is 10.8 Å². The van der Waals surface area contributed by atoms with Crippen molar-refractivity contribution in [1.82, 2.24) is 10.3 Å². The average Bonchev–Trinajstić information content (AvgIpc) is 2.38. The summed E-state index contributed by atoms with van der Waals surface area (Å²) < 4.78 is 5.22. The molecule has 0 spiro atoms. The van der Waals surface area contributed by atoms with E-state index < -0.39 is 12.1 Å². The summed E-state index contributed by atoms with van der Waals surface area (Å²) in [5, 5.41) is 6.35. The highest BCUT2D eigenvalue weighted by atomic mass is 79.9. The van der Waals surface area contributed by atoms with Crippen molar-refractivity contribution in [2.75, 3.05) is 11.9 Å². The van der Waals surface area contributed by atoms with Crippen LogP contribution in [0.4, 0.5) is 15.4 Å². The quantitative estimate of drug-likeness (QED) is 0.824. The number of carbonyl (C=O) groups is 2. The van der Waals surface area contributed by atoms with Crippen LogP contribution in [-0.4, -0.2) is 23.7 Å². The summed E-state index contributed by atoms with van der Waals surface area (Å²) in [5.74, 6) is 0.331. The van der Waals surface area contributed by atoms with E-state index >= 15 is 0 Å². The van der Waals surface area contributed by atoms with E-state index in [1.165, 1.54) is 0 Å². The molecule has 0 unspecified atom stereocenters. The first-order chi connectivity index (χ1) is 9.60. The van der Waals surface area contributed by atoms with Gasteiger partial charge in [0.15, 0.2) is 0 Å². The first kappa shape index (κ1) is 14.3. The lowest BCUT2D eigenvalue weighted by molar-refractivity contribution is 0.154. The summed E-state index contributed by atoms with van der Waals surface area (Å²) >= 11 is 3.34. The van der Waals surface area contributed by atoms with E-state index in [9.17, 15) is 9.59 Å². The summed E-state index contributed by atoms with van der Waals surface area (Å²) in [4.78, 5) is 26.9. The van der Waals surface area contributed by atoms with Gasteiger partial charge in [-0.3, -0.25) is 5.32 Å². The van der Waals surface area contributed by atoms with Crippen molar-refractivity contribution in [3.05, 3.63) is 34.9 Å². The molecule has 0 radical (unpaired) electrons. The maximum atomic E-state index is 11.6. The molecule has 0 aliphatic heterocycles. The van der Waals surface area contributed by atoms with Gasteiger partial charge >= 0.3 is 12.1 Å². The Balaban J connectivity index is 2.14. The molecule has 2 rings (SSSR count). The fourth-order valence-electron chi connectivity index (χ4n) is 1.63. The zero-order chi connectivity index (χ0) is 14.5. The molecule has 2 aromatic rings. The van der Waals surface area contributed by atoms with E-state index in [-0.39, 0.29) is 6.61 Å². The molecule has 20 heavy (non-hydrogen) atoms. The van der Waals surface area contributed by atoms with Gasteiger partial charge in [0.25, 0.3) is 0 Å². The normalized spacial score (nSPS) is 10.1. The molecule has 0 saturated carbocycles. The number of nitrogens with zero attached hydrogens (tertiary/aromatic N) is 1. The Morgan fingerprint density at radius 2 is 2.10 bits per heavy atom. The Labute approximate surface area is 123 Å². The van der Waals surface area contributed by atoms with Gasteiger partial charge in [0.2, 0.25) is 0 Å². The summed E-state index contributed by atoms with van der Waals surface area (Å²) in [6.45, 7) is 1.85. The fourth-order valence-corrected chi connectivity index (χ4v) is 2.18. The van der Waals surface area contributed by atoms with Gasteiger partial charge in [0.05, 0.1) is 6.61 Å². The molecule has 0 aliphatic carbocycles. The molecule has 7 heteroatoms. The fraction of sp³-hybridized carbons (Fsp3) is 0.154. The number of alkyl carbamates (subject to hydrolysis) is 1. The molecule has 0 fully saturated rings. The van der Waals surface area contributed by atoms with Crippen LogP contribution >= 0.6 is 15.9 Å². The molecule has 1 aromatic carbocycles. The van der Waals surface area contributed by atoms with Crippen molar-refractivity contribution in [1.29, 1.82) is 0 Å². The highest BCUT2D eigenvalue weighted by Crippen LogP contribution is 2.24. The molecule has 3 amide bonds. The van der Waals surface area contributed by atoms with Gasteiger partial charge < -0.3 is 4.74 Å². The van der Waals surface area contributed by atoms with Gasteiger partial charge in [-0.2, -0.15) is 0 Å². The van der Waals surface area contributed by atoms with Crippen LogP contribution < -0.4 is 10.6 Å². The molecular formula is C13H12BrN3O3. The molecule has 0 atom stereocenters. The van der Waals surface area contributed by atoms with E-state index in [1.54, 1.807) is 13.0 Å². The smallest absolute Gasteiger partial charge is 0.415 e. The minimum absolute atomic E-state index is 0.193. The zero-order valence-corrected chi connectivity index (χ0v) is 12.2. The van der Waals surface area contributed by atoms with Gasteiger partial charge in [-0.05, 0) is 34.3 Å². The maximum Gasteiger partial charge on any atom is 0.415 e. The van der Waals surface area contributed by atoms with Crippen molar-refractivity contribution in [3.8, 4) is 0 Å². The van der Waals surface area contributed by atoms with Crippen LogP contribution in [0.1, 0.15) is 6.92 Å². The summed E-state index contributed by atoms with van der Waals surface area (Å²) in [6.07, 6.45) is -0.801. The van der Waals surface area contributed by atoms with Crippen molar-refractivity contribution >= 4 is 44.6 Å². The number of fused-ring (bicyclic) bond motifs is 1. The Morgan fingerprint density at radius 1 is 1.35 bits per heavy atom. The Morgan fingerprint density at radius 3 is 2.85 bits per heavy atom. The van der Waals surface area contributed by atoms with E-state index in [2.05, 4.69) is 31.0 Å². The van der Waals surface area contributed by atoms with Crippen LogP contribution in [0.3, 0.4) is 0 Å². The number of imide groups is 1. The van der Waals surface area contributed by atoms with Gasteiger partial charge in [0.1, 0.15) is 10.4 Å². The zero-order valence-electron chi connectivity index (χ0n) is 10.6. The molecule has 1 heterocycles. The number of hydrogen-bond acceptors (Lipinski definition) is 4. The Hall–Kier alpha value is -2.15. The predicted molar refractivity (Wildman–Crippen MR) is 78.6 cm³/mol. The standard InChI is InChI=1S/C13H12BrN3O3/c1-2-20-13(19)17-12(18)16-10-7-8-5-3-4-6-9(8)11(14)15-10/h3-7H,2H2,1H3,(H2,15,16,17,18,19). The third-order valence-electron chi connectivity index (χ3n) is 2.43. The molecule has 1 aromatic heterocycles. The Bertz CT molecular complexity index is 660. The van der Waals surface area contributed by atoms with Crippen molar-refractivity contribution < 1.29 is 14.3 Å². The van der Waals surface area contributed by atoms with Crippen LogP contribution in [-0.2, 0) is 4.74 Å². The number of rotatable bonds is 2. The lowest BCUT2D eigenvalue weighted by Crippen LogP contribution is -2.35. The number of hydrogen-bond donors (Lipinski definition) is 2. The highest BCUT2D eigenvalue weighted by Gasteiger charge is 2.10. The van der Waals surface area contributed by atoms with E-state index in [4.69, 9.17) is 0 Å². The molecule has 0 aliphatic rings. The molecule has 104 valence electrons. The summed E-state index contributed by atoms with van der Waals surface area (Å²) in [7, 11) is 0. The second kappa shape index (κ2) is 6.33. The van der Waals surface area contributed by atoms with E-state index in [0.29, 0.717) is 10.4 Å². The minimum atomic E-state index is -0.801. The van der Waals surface area contributed by atoms with Crippen LogP contribution in [0.25, 0.3) is 10.8 Å². The lowest BCUT2D eigenvalue weighted by atomic mass is 10.2. The second-order valence-corrected chi connectivity index (χ2v) is 4.57. The topological polar surface area (TPSA) is 80.3 Å². The minimum Gasteiger partial charge on any atom is -0.450 e. The van der Waals surface area contributed by atoms with Gasteiger partial charge in [-0.1, -0.05) is 24.3 Å². The van der Waals surface area contributed by atoms with Crippen molar-refractivity contribution in [3.63, 3.8) is 0 Å². The maximum absolute atomic E-state index is 11.6. The van der Waals surface area contributed by atoms with Crippen molar-refractivity contribution in [2.24, 2.45) is 0 Å². The van der Waals surface area contributed by atoms with Crippen LogP contribution in [0.15, 0.2) is 34.9 Å². The number of benzene rings is 1. The number of amides is 3. The number of urea groups is 1. The number of aromatic nitrogens is 1. The summed E-state index contributed by atoms with van der Waals surface area (Å²) in [5.41, 5.74) is 0. The number of anilines is 1. The number of carbonyl (C=O) groups excluding carboxylic acids is 2. The molecule has 6 nitrogen and oxygen atoms in total. The molecule has 0 bridgehead atoms. The first-order valence-corrected chi connectivity index (χ1v) is 6.69. The van der Waals surface area contributed by atoms with Gasteiger partial charge in [-0.15, -0.1) is 0 Å². The van der Waals surface area contributed by atoms with Gasteiger partial charge in [-0.25, -0.2) is 19.9 Å². The lowest BCUT2D eigenvalue weighted by Gasteiger charge is -2.08. The highest BCUT2D eigenvalue weighted by molar-refractivity contribution is 9.10. The van der Waals surface area contributed by atoms with Gasteiger partial charge in [0, 0.05) is 5.39 Å². The summed E-state index contributed by atoms with van der Waals surface area (Å²) in [6, 6.07) is 8.61. The largest absolute Gasteiger partial charge is 0.450 e. The van der Waals surface area contributed by atoms with Crippen LogP contribution in [0.5, 0.6) is 0 Å². The number of pyridine rings is 1. The number of halogens is 1. The molecule has 0 saturated heterocycles. The number of nitrogens with one attached hydrogen (secondary N) is 2. The van der Waals surface area contributed by atoms with Crippen LogP contribution in [0.2, 0.25) is 0 Å². The molecular weight excluding hydrogens is 326 g/mol. The Kier molecular flexibility index (Phi) is 4.52. The first-order valence-electron chi connectivity index (χ1n) is 5.90. The second-order valence-electron chi connectivity index (χ2n) is 3.82. The molecule has 2 N–H and O–H groups in total. The third-order valence-corrected chi connectivity index (χ3v) is 3.03. The van der Waals surface area contributed by atoms with Crippen LogP contribution in [0, 0.1) is 0 Å².